The van der Waals surface area contributed by atoms with Gasteiger partial charge in [-0.05, 0) is 67.7 Å². The molecular weight excluding hydrogens is 440 g/mol. The third kappa shape index (κ3) is 4.76. The fraction of sp³-hybridized carbons (Fsp3) is 0.250. The number of aromatic amines is 1. The molecule has 4 nitrogen and oxygen atoms in total. The first-order chi connectivity index (χ1) is 17.6. The summed E-state index contributed by atoms with van der Waals surface area (Å²) in [7, 11) is 0. The van der Waals surface area contributed by atoms with Gasteiger partial charge < -0.3 is 10.3 Å². The van der Waals surface area contributed by atoms with Crippen LogP contribution in [-0.4, -0.2) is 28.3 Å². The maximum Gasteiger partial charge on any atom is 0.113 e. The molecule has 0 radical (unpaired) electrons. The van der Waals surface area contributed by atoms with Gasteiger partial charge in [0.05, 0.1) is 17.9 Å². The van der Waals surface area contributed by atoms with Crippen molar-refractivity contribution in [3.05, 3.63) is 107 Å². The largest absolute Gasteiger partial charge is 0.342 e. The zero-order valence-electron chi connectivity index (χ0n) is 20.8. The average Bonchev–Trinajstić information content (AvgIpc) is 3.70. The van der Waals surface area contributed by atoms with Crippen molar-refractivity contribution in [3.63, 3.8) is 0 Å². The van der Waals surface area contributed by atoms with E-state index < -0.39 is 0 Å². The minimum absolute atomic E-state index is 0.277. The Morgan fingerprint density at radius 1 is 0.861 bits per heavy atom. The van der Waals surface area contributed by atoms with E-state index in [0.717, 1.165) is 47.6 Å². The van der Waals surface area contributed by atoms with Gasteiger partial charge >= 0.3 is 0 Å². The number of hydrogen-bond acceptors (Lipinski definition) is 3. The van der Waals surface area contributed by atoms with Crippen molar-refractivity contribution in [1.29, 1.82) is 0 Å². The first kappa shape index (κ1) is 22.5. The van der Waals surface area contributed by atoms with Crippen LogP contribution >= 0.6 is 0 Å². The summed E-state index contributed by atoms with van der Waals surface area (Å²) in [6.07, 6.45) is 11.8. The molecule has 3 aromatic rings. The summed E-state index contributed by atoms with van der Waals surface area (Å²) in [5, 5.41) is 3.51. The molecule has 0 saturated carbocycles. The number of benzene rings is 2. The zero-order valence-corrected chi connectivity index (χ0v) is 20.8. The van der Waals surface area contributed by atoms with E-state index in [0.29, 0.717) is 5.92 Å². The second-order valence-corrected chi connectivity index (χ2v) is 10.1. The normalized spacial score (nSPS) is 20.9. The summed E-state index contributed by atoms with van der Waals surface area (Å²) in [6.45, 7) is 5.32. The number of H-pyrrole nitrogens is 1. The highest BCUT2D eigenvalue weighted by molar-refractivity contribution is 6.02. The van der Waals surface area contributed by atoms with Crippen molar-refractivity contribution < 1.29 is 0 Å². The molecule has 6 rings (SSSR count). The second-order valence-electron chi connectivity index (χ2n) is 10.1. The number of nitrogens with one attached hydrogen (secondary N) is 2. The van der Waals surface area contributed by atoms with E-state index in [1.54, 1.807) is 0 Å². The van der Waals surface area contributed by atoms with Gasteiger partial charge in [0.1, 0.15) is 5.82 Å². The van der Waals surface area contributed by atoms with Crippen LogP contribution in [0.25, 0.3) is 16.8 Å². The Labute approximate surface area is 213 Å². The fourth-order valence-electron chi connectivity index (χ4n) is 5.13. The second kappa shape index (κ2) is 9.60. The molecule has 2 atom stereocenters. The molecule has 36 heavy (non-hydrogen) atoms. The molecule has 0 bridgehead atoms. The van der Waals surface area contributed by atoms with Gasteiger partial charge in [0, 0.05) is 41.9 Å². The fourth-order valence-corrected chi connectivity index (χ4v) is 5.13. The summed E-state index contributed by atoms with van der Waals surface area (Å²) >= 11 is 0. The highest BCUT2D eigenvalue weighted by Gasteiger charge is 2.22. The lowest BCUT2D eigenvalue weighted by atomic mass is 9.99. The first-order valence-electron chi connectivity index (χ1n) is 12.7. The predicted molar refractivity (Wildman–Crippen MR) is 148 cm³/mol. The van der Waals surface area contributed by atoms with Gasteiger partial charge in [-0.15, -0.1) is 0 Å². The Balaban J connectivity index is 1.08. The van der Waals surface area contributed by atoms with Crippen molar-refractivity contribution in [2.24, 2.45) is 4.99 Å². The average molecular weight is 471 g/mol. The smallest absolute Gasteiger partial charge is 0.113 e. The minimum Gasteiger partial charge on any atom is -0.342 e. The van der Waals surface area contributed by atoms with E-state index in [1.165, 1.54) is 34.4 Å². The van der Waals surface area contributed by atoms with E-state index in [-0.39, 0.29) is 6.04 Å². The van der Waals surface area contributed by atoms with Crippen LogP contribution in [0.3, 0.4) is 0 Å². The molecular formula is C32H30N4. The maximum atomic E-state index is 4.67. The molecule has 0 spiro atoms. The van der Waals surface area contributed by atoms with Crippen LogP contribution in [0, 0.1) is 11.8 Å². The van der Waals surface area contributed by atoms with Crippen LogP contribution in [0.5, 0.6) is 0 Å². The number of aromatic nitrogens is 2. The molecule has 4 heteroatoms. The molecule has 0 saturated heterocycles. The number of nitrogens with zero attached hydrogens (tertiary/aromatic N) is 2. The Morgan fingerprint density at radius 2 is 1.58 bits per heavy atom. The molecule has 0 amide bonds. The quantitative estimate of drug-likeness (QED) is 0.342. The SMILES string of the molecule is CC1=CC(c2ncc(-c3ccc(C#Cc4ccc(C5=CN=C(C6C=C(C)CN6)C5)cc4)cc3)[nH]2)CC1. The number of imidazole rings is 1. The molecule has 1 aromatic heterocycles. The van der Waals surface area contributed by atoms with Gasteiger partial charge in [-0.3, -0.25) is 4.99 Å². The van der Waals surface area contributed by atoms with Crippen LogP contribution in [0.4, 0.5) is 0 Å². The lowest BCUT2D eigenvalue weighted by Gasteiger charge is -2.10. The van der Waals surface area contributed by atoms with E-state index in [1.807, 2.05) is 12.4 Å². The summed E-state index contributed by atoms with van der Waals surface area (Å²) in [5.74, 6) is 8.07. The summed E-state index contributed by atoms with van der Waals surface area (Å²) < 4.78 is 0. The van der Waals surface area contributed by atoms with E-state index in [4.69, 9.17) is 0 Å². The molecule has 2 aliphatic heterocycles. The number of aliphatic imine (C=N–C) groups is 1. The lowest BCUT2D eigenvalue weighted by molar-refractivity contribution is 0.749. The molecule has 0 fully saturated rings. The van der Waals surface area contributed by atoms with Crippen LogP contribution in [0.2, 0.25) is 0 Å². The molecule has 2 N–H and O–H groups in total. The van der Waals surface area contributed by atoms with Gasteiger partial charge in [-0.2, -0.15) is 0 Å². The van der Waals surface area contributed by atoms with Gasteiger partial charge in [0.15, 0.2) is 0 Å². The molecule has 3 aliphatic rings. The van der Waals surface area contributed by atoms with E-state index in [2.05, 4.69) is 107 Å². The van der Waals surface area contributed by atoms with Gasteiger partial charge in [0.2, 0.25) is 0 Å². The Kier molecular flexibility index (Phi) is 6.01. The van der Waals surface area contributed by atoms with Crippen LogP contribution < -0.4 is 5.32 Å². The minimum atomic E-state index is 0.277. The molecule has 2 aromatic carbocycles. The Morgan fingerprint density at radius 3 is 2.22 bits per heavy atom. The number of hydrogen-bond donors (Lipinski definition) is 2. The third-order valence-electron chi connectivity index (χ3n) is 7.25. The summed E-state index contributed by atoms with van der Waals surface area (Å²) in [4.78, 5) is 12.8. The standard InChI is InChI=1S/C32H30N4/c1-21-3-10-27(15-21)32-35-20-31(36-32)26-13-8-24(9-14-26)5-4-23-6-11-25(12-7-23)28-17-30(34-19-28)29-16-22(2)18-33-29/h6-9,11-16,19-20,27,29,33H,3,10,17-18H2,1-2H3,(H,35,36). The van der Waals surface area contributed by atoms with Crippen molar-refractivity contribution >= 4 is 11.3 Å². The first-order valence-corrected chi connectivity index (χ1v) is 12.7. The number of rotatable bonds is 4. The predicted octanol–water partition coefficient (Wildman–Crippen LogP) is 6.40. The van der Waals surface area contributed by atoms with E-state index >= 15 is 0 Å². The van der Waals surface area contributed by atoms with Gasteiger partial charge in [-0.25, -0.2) is 4.98 Å². The highest BCUT2D eigenvalue weighted by atomic mass is 15.0. The Bertz CT molecular complexity index is 1470. The molecule has 2 unspecified atom stereocenters. The summed E-state index contributed by atoms with van der Waals surface area (Å²) in [6, 6.07) is 17.1. The van der Waals surface area contributed by atoms with Gasteiger partial charge in [0.25, 0.3) is 0 Å². The molecule has 178 valence electrons. The van der Waals surface area contributed by atoms with Crippen molar-refractivity contribution in [1.82, 2.24) is 15.3 Å². The van der Waals surface area contributed by atoms with Crippen molar-refractivity contribution in [2.75, 3.05) is 6.54 Å². The van der Waals surface area contributed by atoms with Crippen LogP contribution in [0.1, 0.15) is 61.5 Å². The summed E-state index contributed by atoms with van der Waals surface area (Å²) in [5.41, 5.74) is 10.7. The lowest BCUT2D eigenvalue weighted by Crippen LogP contribution is -2.30. The molecule has 1 aliphatic carbocycles. The van der Waals surface area contributed by atoms with Crippen LogP contribution in [0.15, 0.2) is 89.2 Å². The molecule has 3 heterocycles. The van der Waals surface area contributed by atoms with Gasteiger partial charge in [-0.1, -0.05) is 59.4 Å². The van der Waals surface area contributed by atoms with E-state index in [9.17, 15) is 0 Å². The number of allylic oxidation sites excluding steroid dienone is 3. The Hall–Kier alpha value is -3.94. The highest BCUT2D eigenvalue weighted by Crippen LogP contribution is 2.32. The third-order valence-corrected chi connectivity index (χ3v) is 7.25. The van der Waals surface area contributed by atoms with Crippen molar-refractivity contribution in [3.8, 4) is 23.1 Å². The van der Waals surface area contributed by atoms with Crippen LogP contribution in [-0.2, 0) is 0 Å². The van der Waals surface area contributed by atoms with Crippen molar-refractivity contribution in [2.45, 2.75) is 45.1 Å². The zero-order chi connectivity index (χ0) is 24.5. The topological polar surface area (TPSA) is 53.1 Å². The maximum absolute atomic E-state index is 4.67. The monoisotopic (exact) mass is 470 g/mol.